The van der Waals surface area contributed by atoms with Gasteiger partial charge in [-0.2, -0.15) is 0 Å². The molecule has 3 nitrogen and oxygen atoms in total. The van der Waals surface area contributed by atoms with Gasteiger partial charge in [0.25, 0.3) is 0 Å². The summed E-state index contributed by atoms with van der Waals surface area (Å²) in [5, 5.41) is 11.0. The fourth-order valence-corrected chi connectivity index (χ4v) is 4.11. The van der Waals surface area contributed by atoms with Crippen LogP contribution in [-0.2, 0) is 17.3 Å². The van der Waals surface area contributed by atoms with Gasteiger partial charge in [0.15, 0.2) is 0 Å². The molecule has 3 heteroatoms. The summed E-state index contributed by atoms with van der Waals surface area (Å²) in [6, 6.07) is 2.26. The van der Waals surface area contributed by atoms with E-state index in [2.05, 4.69) is 38.7 Å². The summed E-state index contributed by atoms with van der Waals surface area (Å²) in [6.45, 7) is 12.1. The molecular formula is C19H30N2O. The third-order valence-electron chi connectivity index (χ3n) is 5.74. The zero-order valence-corrected chi connectivity index (χ0v) is 14.5. The lowest BCUT2D eigenvalue weighted by molar-refractivity contribution is 0.375. The van der Waals surface area contributed by atoms with Crippen LogP contribution in [0.15, 0.2) is 6.07 Å². The third kappa shape index (κ3) is 2.30. The summed E-state index contributed by atoms with van der Waals surface area (Å²) in [4.78, 5) is 2.49. The van der Waals surface area contributed by atoms with Gasteiger partial charge in [-0.15, -0.1) is 0 Å². The van der Waals surface area contributed by atoms with Crippen LogP contribution in [0, 0.1) is 0 Å². The van der Waals surface area contributed by atoms with Crippen LogP contribution in [0.5, 0.6) is 5.75 Å². The second-order valence-electron chi connectivity index (χ2n) is 8.30. The Labute approximate surface area is 134 Å². The number of benzene rings is 1. The maximum atomic E-state index is 11.0. The van der Waals surface area contributed by atoms with Crippen LogP contribution in [0.2, 0.25) is 0 Å². The number of aryl methyl sites for hydroxylation is 1. The van der Waals surface area contributed by atoms with Crippen molar-refractivity contribution in [1.29, 1.82) is 0 Å². The van der Waals surface area contributed by atoms with Gasteiger partial charge in [0.2, 0.25) is 0 Å². The number of hydrogen-bond acceptors (Lipinski definition) is 3. The minimum atomic E-state index is 0.0385. The van der Waals surface area contributed by atoms with Crippen LogP contribution in [0.25, 0.3) is 0 Å². The average Bonchev–Trinajstić information content (AvgIpc) is 2.44. The van der Waals surface area contributed by atoms with E-state index in [0.29, 0.717) is 12.3 Å². The Balaban J connectivity index is 2.25. The monoisotopic (exact) mass is 302 g/mol. The molecule has 1 aromatic rings. The number of nitrogens with two attached hydrogens (primary N) is 1. The van der Waals surface area contributed by atoms with Crippen molar-refractivity contribution in [1.82, 2.24) is 0 Å². The van der Waals surface area contributed by atoms with Gasteiger partial charge in [-0.25, -0.2) is 0 Å². The zero-order valence-electron chi connectivity index (χ0n) is 14.5. The van der Waals surface area contributed by atoms with E-state index in [1.165, 1.54) is 23.2 Å². The normalized spacial score (nSPS) is 21.6. The van der Waals surface area contributed by atoms with Crippen LogP contribution >= 0.6 is 0 Å². The topological polar surface area (TPSA) is 49.5 Å². The van der Waals surface area contributed by atoms with E-state index in [0.717, 1.165) is 37.9 Å². The smallest absolute Gasteiger partial charge is 0.124 e. The van der Waals surface area contributed by atoms with Crippen LogP contribution in [0.1, 0.15) is 63.6 Å². The van der Waals surface area contributed by atoms with Crippen LogP contribution in [-0.4, -0.2) is 24.7 Å². The fourth-order valence-electron chi connectivity index (χ4n) is 4.11. The summed E-state index contributed by atoms with van der Waals surface area (Å²) in [7, 11) is 0. The lowest BCUT2D eigenvalue weighted by Gasteiger charge is -2.48. The van der Waals surface area contributed by atoms with E-state index >= 15 is 0 Å². The summed E-state index contributed by atoms with van der Waals surface area (Å²) < 4.78 is 0. The van der Waals surface area contributed by atoms with E-state index in [9.17, 15) is 5.11 Å². The van der Waals surface area contributed by atoms with Crippen molar-refractivity contribution in [2.75, 3.05) is 24.5 Å². The number of phenols is 1. The second-order valence-corrected chi connectivity index (χ2v) is 8.30. The number of nitrogens with zero attached hydrogens (tertiary/aromatic N) is 1. The summed E-state index contributed by atoms with van der Waals surface area (Å²) >= 11 is 0. The molecule has 0 fully saturated rings. The van der Waals surface area contributed by atoms with E-state index in [-0.39, 0.29) is 10.8 Å². The highest BCUT2D eigenvalue weighted by Crippen LogP contribution is 2.53. The predicted molar refractivity (Wildman–Crippen MR) is 93.0 cm³/mol. The maximum absolute atomic E-state index is 11.0. The van der Waals surface area contributed by atoms with E-state index in [1.807, 2.05) is 0 Å². The first kappa shape index (κ1) is 15.7. The number of rotatable bonds is 3. The molecule has 0 saturated heterocycles. The molecule has 0 radical (unpaired) electrons. The van der Waals surface area contributed by atoms with Gasteiger partial charge in [-0.1, -0.05) is 27.7 Å². The van der Waals surface area contributed by atoms with Gasteiger partial charge in [0.1, 0.15) is 5.75 Å². The molecule has 122 valence electrons. The lowest BCUT2D eigenvalue weighted by atomic mass is 9.68. The van der Waals surface area contributed by atoms with Gasteiger partial charge < -0.3 is 15.7 Å². The Morgan fingerprint density at radius 2 is 1.77 bits per heavy atom. The molecule has 0 unspecified atom stereocenters. The van der Waals surface area contributed by atoms with Crippen LogP contribution in [0.4, 0.5) is 5.69 Å². The van der Waals surface area contributed by atoms with Crippen molar-refractivity contribution < 1.29 is 5.11 Å². The molecule has 3 N–H and O–H groups in total. The second kappa shape index (κ2) is 5.16. The van der Waals surface area contributed by atoms with E-state index in [1.54, 1.807) is 0 Å². The van der Waals surface area contributed by atoms with Gasteiger partial charge in [0, 0.05) is 24.3 Å². The number of hydrogen-bond donors (Lipinski definition) is 2. The molecule has 2 aliphatic rings. The minimum absolute atomic E-state index is 0.0385. The van der Waals surface area contributed by atoms with Gasteiger partial charge in [-0.05, 0) is 60.3 Å². The molecule has 0 spiro atoms. The van der Waals surface area contributed by atoms with Gasteiger partial charge >= 0.3 is 0 Å². The quantitative estimate of drug-likeness (QED) is 0.899. The molecule has 22 heavy (non-hydrogen) atoms. The Morgan fingerprint density at radius 3 is 2.41 bits per heavy atom. The van der Waals surface area contributed by atoms with E-state index < -0.39 is 0 Å². The molecule has 0 aliphatic carbocycles. The third-order valence-corrected chi connectivity index (χ3v) is 5.74. The highest BCUT2D eigenvalue weighted by Gasteiger charge is 2.42. The Morgan fingerprint density at radius 1 is 1.14 bits per heavy atom. The standard InChI is InChI=1S/C19H30N2O/c1-18(2)7-10-21-11-8-19(3,4)15-16(21)14(18)12-13(17(15)22)6-5-9-20/h12,22H,5-11,20H2,1-4H3. The van der Waals surface area contributed by atoms with Crippen molar-refractivity contribution in [3.05, 3.63) is 22.8 Å². The first-order chi connectivity index (χ1) is 10.3. The molecule has 2 aliphatic heterocycles. The van der Waals surface area contributed by atoms with Crippen molar-refractivity contribution in [2.24, 2.45) is 5.73 Å². The number of anilines is 1. The molecule has 0 bridgehead atoms. The van der Waals surface area contributed by atoms with Crippen molar-refractivity contribution in [2.45, 2.75) is 64.2 Å². The highest BCUT2D eigenvalue weighted by atomic mass is 16.3. The molecule has 1 aromatic carbocycles. The molecule has 0 atom stereocenters. The van der Waals surface area contributed by atoms with Crippen LogP contribution < -0.4 is 10.6 Å². The molecular weight excluding hydrogens is 272 g/mol. The van der Waals surface area contributed by atoms with Gasteiger partial charge in [-0.3, -0.25) is 0 Å². The first-order valence-electron chi connectivity index (χ1n) is 8.63. The minimum Gasteiger partial charge on any atom is -0.507 e. The summed E-state index contributed by atoms with van der Waals surface area (Å²) in [5.74, 6) is 0.527. The summed E-state index contributed by atoms with van der Waals surface area (Å²) in [5.41, 5.74) is 10.9. The maximum Gasteiger partial charge on any atom is 0.124 e. The fraction of sp³-hybridized carbons (Fsp3) is 0.684. The Hall–Kier alpha value is -1.22. The average molecular weight is 302 g/mol. The zero-order chi connectivity index (χ0) is 16.1. The molecule has 0 aromatic heterocycles. The van der Waals surface area contributed by atoms with Crippen molar-refractivity contribution >= 4 is 5.69 Å². The molecule has 0 amide bonds. The van der Waals surface area contributed by atoms with Crippen LogP contribution in [0.3, 0.4) is 0 Å². The number of phenolic OH excluding ortho intramolecular Hbond substituents is 1. The Kier molecular flexibility index (Phi) is 3.67. The first-order valence-corrected chi connectivity index (χ1v) is 8.63. The highest BCUT2D eigenvalue weighted by molar-refractivity contribution is 5.73. The largest absolute Gasteiger partial charge is 0.507 e. The number of aromatic hydroxyl groups is 1. The molecule has 2 heterocycles. The van der Waals surface area contributed by atoms with E-state index in [4.69, 9.17) is 5.73 Å². The van der Waals surface area contributed by atoms with Crippen molar-refractivity contribution in [3.8, 4) is 5.75 Å². The van der Waals surface area contributed by atoms with Gasteiger partial charge in [0.05, 0.1) is 0 Å². The lowest BCUT2D eigenvalue weighted by Crippen LogP contribution is -2.44. The molecule has 3 rings (SSSR count). The SMILES string of the molecule is CC1(C)CCN2CCC(C)(C)c3c(O)c(CCCN)cc1c32. The Bertz CT molecular complexity index is 588. The van der Waals surface area contributed by atoms with Crippen molar-refractivity contribution in [3.63, 3.8) is 0 Å². The molecule has 0 saturated carbocycles. The summed E-state index contributed by atoms with van der Waals surface area (Å²) in [6.07, 6.45) is 4.08. The predicted octanol–water partition coefficient (Wildman–Crippen LogP) is 3.45.